The second-order valence-electron chi connectivity index (χ2n) is 4.82. The normalized spacial score (nSPS) is 10.4. The summed E-state index contributed by atoms with van der Waals surface area (Å²) < 4.78 is 0. The predicted octanol–water partition coefficient (Wildman–Crippen LogP) is 4.77. The molecular formula is C15H12Cl2N2O3. The van der Waals surface area contributed by atoms with Crippen LogP contribution < -0.4 is 5.32 Å². The van der Waals surface area contributed by atoms with Crippen molar-refractivity contribution >= 4 is 40.5 Å². The lowest BCUT2D eigenvalue weighted by Gasteiger charge is -2.11. The number of amides is 1. The van der Waals surface area contributed by atoms with Crippen molar-refractivity contribution in [2.24, 2.45) is 0 Å². The summed E-state index contributed by atoms with van der Waals surface area (Å²) >= 11 is 11.9. The minimum Gasteiger partial charge on any atom is -0.320 e. The third kappa shape index (κ3) is 3.37. The van der Waals surface area contributed by atoms with Gasteiger partial charge in [0.25, 0.3) is 11.6 Å². The number of anilines is 1. The van der Waals surface area contributed by atoms with Crippen molar-refractivity contribution in [1.82, 2.24) is 0 Å². The molecule has 2 rings (SSSR count). The van der Waals surface area contributed by atoms with Crippen LogP contribution in [0.5, 0.6) is 0 Å². The molecule has 0 bridgehead atoms. The van der Waals surface area contributed by atoms with Gasteiger partial charge in [-0.1, -0.05) is 29.3 Å². The van der Waals surface area contributed by atoms with Gasteiger partial charge in [0.05, 0.1) is 15.6 Å². The quantitative estimate of drug-likeness (QED) is 0.647. The number of rotatable bonds is 3. The molecule has 0 aliphatic carbocycles. The van der Waals surface area contributed by atoms with Gasteiger partial charge in [-0.15, -0.1) is 0 Å². The number of nitro groups is 1. The number of nitro benzene ring substituents is 1. The molecule has 5 nitrogen and oxygen atoms in total. The number of nitrogens with one attached hydrogen (secondary N) is 1. The van der Waals surface area contributed by atoms with E-state index in [1.807, 2.05) is 19.9 Å². The highest BCUT2D eigenvalue weighted by Crippen LogP contribution is 2.29. The summed E-state index contributed by atoms with van der Waals surface area (Å²) in [5.74, 6) is -0.492. The molecule has 0 aliphatic heterocycles. The van der Waals surface area contributed by atoms with Gasteiger partial charge >= 0.3 is 0 Å². The van der Waals surface area contributed by atoms with Gasteiger partial charge in [0.1, 0.15) is 5.02 Å². The molecule has 2 aromatic rings. The Morgan fingerprint density at radius 3 is 2.41 bits per heavy atom. The molecule has 7 heteroatoms. The monoisotopic (exact) mass is 338 g/mol. The van der Waals surface area contributed by atoms with Gasteiger partial charge < -0.3 is 5.32 Å². The number of carbonyl (C=O) groups is 1. The van der Waals surface area contributed by atoms with E-state index in [0.29, 0.717) is 10.7 Å². The van der Waals surface area contributed by atoms with E-state index in [2.05, 4.69) is 5.32 Å². The van der Waals surface area contributed by atoms with Crippen molar-refractivity contribution in [3.05, 3.63) is 67.2 Å². The van der Waals surface area contributed by atoms with Crippen molar-refractivity contribution in [3.8, 4) is 0 Å². The largest absolute Gasteiger partial charge is 0.320 e. The first-order chi connectivity index (χ1) is 10.3. The topological polar surface area (TPSA) is 72.2 Å². The highest BCUT2D eigenvalue weighted by atomic mass is 35.5. The standard InChI is InChI=1S/C15H12Cl2N2O3/c1-8-5-9(2)14(12(17)6-8)18-15(20)10-3-4-11(16)13(7-10)19(21)22/h3-7H,1-2H3,(H,18,20). The number of hydrogen-bond acceptors (Lipinski definition) is 3. The van der Waals surface area contributed by atoms with E-state index in [1.165, 1.54) is 12.1 Å². The van der Waals surface area contributed by atoms with E-state index in [1.54, 1.807) is 6.07 Å². The van der Waals surface area contributed by atoms with E-state index in [-0.39, 0.29) is 16.3 Å². The Kier molecular flexibility index (Phi) is 4.68. The van der Waals surface area contributed by atoms with Crippen LogP contribution in [0.3, 0.4) is 0 Å². The molecule has 0 radical (unpaired) electrons. The molecule has 0 saturated carbocycles. The Balaban J connectivity index is 2.34. The van der Waals surface area contributed by atoms with Gasteiger partial charge in [0.2, 0.25) is 0 Å². The van der Waals surface area contributed by atoms with Crippen LogP contribution >= 0.6 is 23.2 Å². The molecule has 1 amide bonds. The van der Waals surface area contributed by atoms with Gasteiger partial charge in [0.15, 0.2) is 0 Å². The fourth-order valence-electron chi connectivity index (χ4n) is 2.05. The molecule has 0 aromatic heterocycles. The Hall–Kier alpha value is -2.11. The minimum atomic E-state index is -0.636. The summed E-state index contributed by atoms with van der Waals surface area (Å²) in [6, 6.07) is 7.48. The van der Waals surface area contributed by atoms with Gasteiger partial charge in [-0.05, 0) is 43.2 Å². The van der Waals surface area contributed by atoms with Gasteiger partial charge in [-0.25, -0.2) is 0 Å². The molecule has 0 spiro atoms. The maximum absolute atomic E-state index is 12.3. The molecule has 0 heterocycles. The third-order valence-corrected chi connectivity index (χ3v) is 3.69. The lowest BCUT2D eigenvalue weighted by molar-refractivity contribution is -0.384. The third-order valence-electron chi connectivity index (χ3n) is 3.08. The van der Waals surface area contributed by atoms with Crippen molar-refractivity contribution in [2.45, 2.75) is 13.8 Å². The lowest BCUT2D eigenvalue weighted by Crippen LogP contribution is -2.13. The number of benzene rings is 2. The first-order valence-corrected chi connectivity index (χ1v) is 7.07. The number of hydrogen-bond donors (Lipinski definition) is 1. The van der Waals surface area contributed by atoms with Crippen molar-refractivity contribution in [1.29, 1.82) is 0 Å². The Morgan fingerprint density at radius 1 is 1.14 bits per heavy atom. The molecule has 0 atom stereocenters. The molecule has 114 valence electrons. The van der Waals surface area contributed by atoms with Crippen LogP contribution in [0.1, 0.15) is 21.5 Å². The van der Waals surface area contributed by atoms with E-state index in [9.17, 15) is 14.9 Å². The molecule has 0 saturated heterocycles. The summed E-state index contributed by atoms with van der Waals surface area (Å²) in [6.07, 6.45) is 0. The Labute approximate surface area is 137 Å². The van der Waals surface area contributed by atoms with E-state index >= 15 is 0 Å². The van der Waals surface area contributed by atoms with Crippen LogP contribution in [-0.2, 0) is 0 Å². The molecule has 1 N–H and O–H groups in total. The van der Waals surface area contributed by atoms with Crippen LogP contribution in [0.4, 0.5) is 11.4 Å². The summed E-state index contributed by atoms with van der Waals surface area (Å²) in [7, 11) is 0. The molecular weight excluding hydrogens is 327 g/mol. The summed E-state index contributed by atoms with van der Waals surface area (Å²) in [5, 5.41) is 13.9. The van der Waals surface area contributed by atoms with Crippen LogP contribution in [0.2, 0.25) is 10.0 Å². The van der Waals surface area contributed by atoms with Crippen molar-refractivity contribution in [2.75, 3.05) is 5.32 Å². The van der Waals surface area contributed by atoms with E-state index < -0.39 is 10.8 Å². The smallest absolute Gasteiger partial charge is 0.288 e. The highest BCUT2D eigenvalue weighted by Gasteiger charge is 2.17. The summed E-state index contributed by atoms with van der Waals surface area (Å²) in [5.41, 5.74) is 2.08. The van der Waals surface area contributed by atoms with Gasteiger partial charge in [-0.3, -0.25) is 14.9 Å². The van der Waals surface area contributed by atoms with Crippen molar-refractivity contribution < 1.29 is 9.72 Å². The first kappa shape index (κ1) is 16.3. The minimum absolute atomic E-state index is 0.0221. The van der Waals surface area contributed by atoms with E-state index in [4.69, 9.17) is 23.2 Å². The molecule has 0 fully saturated rings. The Bertz CT molecular complexity index is 752. The van der Waals surface area contributed by atoms with Crippen LogP contribution in [0.15, 0.2) is 30.3 Å². The average Bonchev–Trinajstić information content (AvgIpc) is 2.42. The SMILES string of the molecule is Cc1cc(C)c(NC(=O)c2ccc(Cl)c([N+](=O)[O-])c2)c(Cl)c1. The van der Waals surface area contributed by atoms with Gasteiger partial charge in [-0.2, -0.15) is 0 Å². The molecule has 0 unspecified atom stereocenters. The number of carbonyl (C=O) groups excluding carboxylic acids is 1. The number of aryl methyl sites for hydroxylation is 2. The highest BCUT2D eigenvalue weighted by molar-refractivity contribution is 6.34. The number of halogens is 2. The summed E-state index contributed by atoms with van der Waals surface area (Å²) in [6.45, 7) is 3.71. The maximum Gasteiger partial charge on any atom is 0.288 e. The molecule has 22 heavy (non-hydrogen) atoms. The van der Waals surface area contributed by atoms with E-state index in [0.717, 1.165) is 17.2 Å². The first-order valence-electron chi connectivity index (χ1n) is 6.31. The second-order valence-corrected chi connectivity index (χ2v) is 5.63. The Morgan fingerprint density at radius 2 is 1.82 bits per heavy atom. The maximum atomic E-state index is 12.3. The average molecular weight is 339 g/mol. The predicted molar refractivity (Wildman–Crippen MR) is 87.0 cm³/mol. The lowest BCUT2D eigenvalue weighted by atomic mass is 10.1. The van der Waals surface area contributed by atoms with Crippen LogP contribution in [0, 0.1) is 24.0 Å². The van der Waals surface area contributed by atoms with Crippen molar-refractivity contribution in [3.63, 3.8) is 0 Å². The molecule has 0 aliphatic rings. The zero-order chi connectivity index (χ0) is 16.4. The summed E-state index contributed by atoms with van der Waals surface area (Å²) in [4.78, 5) is 22.5. The van der Waals surface area contributed by atoms with Crippen LogP contribution in [-0.4, -0.2) is 10.8 Å². The van der Waals surface area contributed by atoms with Gasteiger partial charge in [0, 0.05) is 11.6 Å². The second kappa shape index (κ2) is 6.34. The fourth-order valence-corrected chi connectivity index (χ4v) is 2.61. The molecule has 2 aromatic carbocycles. The fraction of sp³-hybridized carbons (Fsp3) is 0.133. The zero-order valence-corrected chi connectivity index (χ0v) is 13.3. The number of nitrogens with zero attached hydrogens (tertiary/aromatic N) is 1. The van der Waals surface area contributed by atoms with Crippen LogP contribution in [0.25, 0.3) is 0 Å². The zero-order valence-electron chi connectivity index (χ0n) is 11.8.